The zero-order valence-corrected chi connectivity index (χ0v) is 25.2. The molecule has 0 heterocycles. The normalized spacial score (nSPS) is 12.8. The van der Waals surface area contributed by atoms with Gasteiger partial charge in [-0.15, -0.1) is 0 Å². The van der Waals surface area contributed by atoms with Gasteiger partial charge in [0.25, 0.3) is 16.0 Å². The van der Waals surface area contributed by atoms with Crippen LogP contribution >= 0.6 is 0 Å². The molecule has 0 radical (unpaired) electrons. The molecular weight excluding hydrogens is 566 g/mol. The van der Waals surface area contributed by atoms with E-state index in [1.165, 1.54) is 6.07 Å². The summed E-state index contributed by atoms with van der Waals surface area (Å²) < 4.78 is 54.9. The number of urea groups is 1. The minimum atomic E-state index is -4.20. The Morgan fingerprint density at radius 2 is 1.44 bits per heavy atom. The molecule has 3 amide bonds. The SMILES string of the molecule is Cc1ccc(NC(=O)NC(c2ccc(C(=O)NCCS(=O)(=O)O)cc2)c2ccc(C(C)(C)C)cc2)cc1S(C)(=O)=O. The predicted octanol–water partition coefficient (Wildman–Crippen LogP) is 4.22. The van der Waals surface area contributed by atoms with Crippen molar-refractivity contribution in [3.63, 3.8) is 0 Å². The summed E-state index contributed by atoms with van der Waals surface area (Å²) in [6.07, 6.45) is 1.11. The van der Waals surface area contributed by atoms with E-state index in [4.69, 9.17) is 4.55 Å². The van der Waals surface area contributed by atoms with Gasteiger partial charge in [0.15, 0.2) is 9.84 Å². The molecule has 3 aromatic rings. The minimum absolute atomic E-state index is 0.0774. The quantitative estimate of drug-likeness (QED) is 0.267. The molecule has 0 aliphatic heterocycles. The Morgan fingerprint density at radius 3 is 1.95 bits per heavy atom. The summed E-state index contributed by atoms with van der Waals surface area (Å²) in [6, 6.07) is 17.7. The Labute approximate surface area is 241 Å². The summed E-state index contributed by atoms with van der Waals surface area (Å²) in [5.41, 5.74) is 3.62. The first-order chi connectivity index (χ1) is 18.9. The zero-order valence-electron chi connectivity index (χ0n) is 23.6. The number of carbonyl (C=O) groups is 2. The zero-order chi connectivity index (χ0) is 30.6. The van der Waals surface area contributed by atoms with Gasteiger partial charge < -0.3 is 16.0 Å². The molecule has 0 spiro atoms. The van der Waals surface area contributed by atoms with E-state index in [9.17, 15) is 26.4 Å². The molecule has 0 saturated carbocycles. The van der Waals surface area contributed by atoms with Gasteiger partial charge in [-0.2, -0.15) is 8.42 Å². The summed E-state index contributed by atoms with van der Waals surface area (Å²) in [5.74, 6) is -1.12. The number of benzene rings is 3. The third-order valence-electron chi connectivity index (χ3n) is 6.38. The molecule has 1 unspecified atom stereocenters. The lowest BCUT2D eigenvalue weighted by Crippen LogP contribution is -2.33. The highest BCUT2D eigenvalue weighted by atomic mass is 32.2. The average Bonchev–Trinajstić information content (AvgIpc) is 2.86. The van der Waals surface area contributed by atoms with Crippen LogP contribution in [0, 0.1) is 6.92 Å². The molecule has 41 heavy (non-hydrogen) atoms. The van der Waals surface area contributed by atoms with Crippen molar-refractivity contribution >= 4 is 37.6 Å². The van der Waals surface area contributed by atoms with E-state index in [0.29, 0.717) is 16.8 Å². The third-order valence-corrected chi connectivity index (χ3v) is 8.34. The van der Waals surface area contributed by atoms with Crippen LogP contribution in [0.1, 0.15) is 59.4 Å². The number of hydrogen-bond donors (Lipinski definition) is 4. The van der Waals surface area contributed by atoms with Gasteiger partial charge in [-0.3, -0.25) is 9.35 Å². The van der Waals surface area contributed by atoms with Crippen molar-refractivity contribution in [3.8, 4) is 0 Å². The Hall–Kier alpha value is -3.74. The third kappa shape index (κ3) is 9.13. The molecular formula is C29H35N3O7S2. The second-order valence-electron chi connectivity index (χ2n) is 10.8. The van der Waals surface area contributed by atoms with Crippen LogP contribution in [-0.4, -0.2) is 51.9 Å². The molecule has 12 heteroatoms. The summed E-state index contributed by atoms with van der Waals surface area (Å²) in [7, 11) is -7.69. The Balaban J connectivity index is 1.87. The van der Waals surface area contributed by atoms with Crippen molar-refractivity contribution in [3.05, 3.63) is 94.5 Å². The molecule has 0 fully saturated rings. The van der Waals surface area contributed by atoms with Crippen LogP contribution in [0.15, 0.2) is 71.6 Å². The number of sulfone groups is 1. The first kappa shape index (κ1) is 31.8. The van der Waals surface area contributed by atoms with Crippen LogP contribution in [-0.2, 0) is 25.4 Å². The fourth-order valence-electron chi connectivity index (χ4n) is 4.13. The lowest BCUT2D eigenvalue weighted by Gasteiger charge is -2.23. The molecule has 0 aliphatic carbocycles. The van der Waals surface area contributed by atoms with Gasteiger partial charge in [0.2, 0.25) is 0 Å². The molecule has 10 nitrogen and oxygen atoms in total. The van der Waals surface area contributed by atoms with Crippen molar-refractivity contribution < 1.29 is 31.0 Å². The maximum Gasteiger partial charge on any atom is 0.319 e. The lowest BCUT2D eigenvalue weighted by molar-refractivity contribution is 0.0956. The molecule has 0 aliphatic rings. The van der Waals surface area contributed by atoms with E-state index in [1.807, 2.05) is 24.3 Å². The number of aryl methyl sites for hydroxylation is 1. The molecule has 0 aromatic heterocycles. The topological polar surface area (TPSA) is 159 Å². The first-order valence-electron chi connectivity index (χ1n) is 12.8. The van der Waals surface area contributed by atoms with Crippen molar-refractivity contribution in [2.45, 2.75) is 44.0 Å². The Morgan fingerprint density at radius 1 is 0.878 bits per heavy atom. The highest BCUT2D eigenvalue weighted by Crippen LogP contribution is 2.28. The van der Waals surface area contributed by atoms with E-state index in [1.54, 1.807) is 43.3 Å². The highest BCUT2D eigenvalue weighted by Gasteiger charge is 2.21. The standard InChI is InChI=1S/C29H35N3O7S2/c1-19-6-15-24(18-25(19)40(5,35)36)31-28(34)32-26(21-11-13-23(14-12-21)29(2,3)4)20-7-9-22(10-8-20)27(33)30-16-17-41(37,38)39/h6-15,18,26H,16-17H2,1-5H3,(H,30,33)(H2,31,32,34)(H,37,38,39). The van der Waals surface area contributed by atoms with Crippen LogP contribution < -0.4 is 16.0 Å². The van der Waals surface area contributed by atoms with Crippen molar-refractivity contribution in [1.82, 2.24) is 10.6 Å². The van der Waals surface area contributed by atoms with Crippen LogP contribution in [0.2, 0.25) is 0 Å². The molecule has 0 bridgehead atoms. The average molecular weight is 602 g/mol. The van der Waals surface area contributed by atoms with Gasteiger partial charge in [-0.05, 0) is 58.9 Å². The summed E-state index contributed by atoms with van der Waals surface area (Å²) in [5, 5.41) is 8.07. The van der Waals surface area contributed by atoms with E-state index in [2.05, 4.69) is 36.7 Å². The summed E-state index contributed by atoms with van der Waals surface area (Å²) >= 11 is 0. The number of nitrogens with one attached hydrogen (secondary N) is 3. The molecule has 0 saturated heterocycles. The summed E-state index contributed by atoms with van der Waals surface area (Å²) in [6.45, 7) is 7.71. The van der Waals surface area contributed by atoms with E-state index in [-0.39, 0.29) is 22.4 Å². The molecule has 3 aromatic carbocycles. The largest absolute Gasteiger partial charge is 0.351 e. The molecule has 1 atom stereocenters. The second-order valence-corrected chi connectivity index (χ2v) is 14.4. The minimum Gasteiger partial charge on any atom is -0.351 e. The number of amides is 3. The van der Waals surface area contributed by atoms with Crippen molar-refractivity contribution in [1.29, 1.82) is 0 Å². The maximum atomic E-state index is 13.1. The van der Waals surface area contributed by atoms with E-state index in [0.717, 1.165) is 17.4 Å². The van der Waals surface area contributed by atoms with Crippen LogP contribution in [0.3, 0.4) is 0 Å². The number of rotatable bonds is 9. The molecule has 4 N–H and O–H groups in total. The van der Waals surface area contributed by atoms with Gasteiger partial charge >= 0.3 is 6.03 Å². The number of carbonyl (C=O) groups excluding carboxylic acids is 2. The smallest absolute Gasteiger partial charge is 0.319 e. The van der Waals surface area contributed by atoms with Crippen molar-refractivity contribution in [2.24, 2.45) is 0 Å². The lowest BCUT2D eigenvalue weighted by atomic mass is 9.85. The molecule has 220 valence electrons. The summed E-state index contributed by atoms with van der Waals surface area (Å²) in [4.78, 5) is 25.6. The van der Waals surface area contributed by atoms with Gasteiger partial charge in [0.1, 0.15) is 0 Å². The number of anilines is 1. The van der Waals surface area contributed by atoms with E-state index >= 15 is 0 Å². The van der Waals surface area contributed by atoms with Crippen LogP contribution in [0.25, 0.3) is 0 Å². The van der Waals surface area contributed by atoms with Gasteiger partial charge in [0.05, 0.1) is 16.7 Å². The van der Waals surface area contributed by atoms with Gasteiger partial charge in [0, 0.05) is 24.1 Å². The predicted molar refractivity (Wildman–Crippen MR) is 159 cm³/mol. The fourth-order valence-corrected chi connectivity index (χ4v) is 5.49. The maximum absolute atomic E-state index is 13.1. The van der Waals surface area contributed by atoms with Crippen LogP contribution in [0.5, 0.6) is 0 Å². The van der Waals surface area contributed by atoms with Gasteiger partial charge in [-0.1, -0.05) is 63.2 Å². The number of hydrogen-bond acceptors (Lipinski definition) is 6. The van der Waals surface area contributed by atoms with E-state index < -0.39 is 43.7 Å². The Kier molecular flexibility index (Phi) is 9.62. The van der Waals surface area contributed by atoms with Crippen LogP contribution in [0.4, 0.5) is 10.5 Å². The monoisotopic (exact) mass is 601 g/mol. The van der Waals surface area contributed by atoms with Gasteiger partial charge in [-0.25, -0.2) is 13.2 Å². The Bertz CT molecular complexity index is 1630. The fraction of sp³-hybridized carbons (Fsp3) is 0.310. The van der Waals surface area contributed by atoms with Crippen molar-refractivity contribution in [2.75, 3.05) is 23.9 Å². The second kappa shape index (κ2) is 12.4. The molecule has 3 rings (SSSR count). The first-order valence-corrected chi connectivity index (χ1v) is 16.3. The highest BCUT2D eigenvalue weighted by molar-refractivity contribution is 7.90.